The van der Waals surface area contributed by atoms with Gasteiger partial charge < -0.3 is 20.1 Å². The van der Waals surface area contributed by atoms with Gasteiger partial charge in [0.05, 0.1) is 16.8 Å². The largest absolute Gasteiger partial charge is 0.491 e. The van der Waals surface area contributed by atoms with Crippen molar-refractivity contribution in [2.45, 2.75) is 26.7 Å². The minimum absolute atomic E-state index is 0.0238. The number of ether oxygens (including phenoxy) is 1. The summed E-state index contributed by atoms with van der Waals surface area (Å²) in [4.78, 5) is 23.1. The molecule has 0 radical (unpaired) electrons. The molecule has 0 aliphatic rings. The van der Waals surface area contributed by atoms with Crippen LogP contribution in [-0.2, 0) is 6.42 Å². The van der Waals surface area contributed by atoms with Crippen LogP contribution in [0, 0.1) is 24.6 Å². The Morgan fingerprint density at radius 2 is 1.98 bits per heavy atom. The number of benzene rings is 2. The van der Waals surface area contributed by atoms with Gasteiger partial charge in [0.1, 0.15) is 0 Å². The van der Waals surface area contributed by atoms with Crippen molar-refractivity contribution in [2.24, 2.45) is 0 Å². The summed E-state index contributed by atoms with van der Waals surface area (Å²) in [5.74, 6) is 5.15. The summed E-state index contributed by atoms with van der Waals surface area (Å²) >= 11 is 2.79. The van der Waals surface area contributed by atoms with Crippen LogP contribution in [0.4, 0.5) is 26.3 Å². The smallest absolute Gasteiger partial charge is 0.355 e. The number of aryl methyl sites for hydroxylation is 2. The van der Waals surface area contributed by atoms with Gasteiger partial charge >= 0.3 is 5.97 Å². The molecule has 12 heteroatoms. The van der Waals surface area contributed by atoms with Gasteiger partial charge in [-0.05, 0) is 68.7 Å². The van der Waals surface area contributed by atoms with Gasteiger partial charge in [-0.3, -0.25) is 0 Å². The Morgan fingerprint density at radius 3 is 2.71 bits per heavy atom. The van der Waals surface area contributed by atoms with Crippen molar-refractivity contribution in [3.63, 3.8) is 0 Å². The van der Waals surface area contributed by atoms with Gasteiger partial charge in [-0.15, -0.1) is 27.5 Å². The topological polar surface area (TPSA) is 113 Å². The Kier molecular flexibility index (Phi) is 8.37. The predicted molar refractivity (Wildman–Crippen MR) is 160 cm³/mol. The molecular formula is C29H25FN6O3S2. The van der Waals surface area contributed by atoms with Crippen molar-refractivity contribution in [3.05, 3.63) is 76.0 Å². The van der Waals surface area contributed by atoms with E-state index in [4.69, 9.17) is 4.74 Å². The molecule has 3 aromatic heterocycles. The normalized spacial score (nSPS) is 10.7. The maximum absolute atomic E-state index is 14.3. The summed E-state index contributed by atoms with van der Waals surface area (Å²) in [6, 6.07) is 14.3. The second kappa shape index (κ2) is 12.3. The number of rotatable bonds is 10. The molecule has 0 saturated carbocycles. The predicted octanol–water partition coefficient (Wildman–Crippen LogP) is 6.58. The molecule has 0 spiro atoms. The fraction of sp³-hybridized carbons (Fsp3) is 0.207. The number of anilines is 4. The Bertz CT molecular complexity index is 1760. The molecule has 2 N–H and O–H groups in total. The molecule has 0 bridgehead atoms. The van der Waals surface area contributed by atoms with Crippen LogP contribution in [-0.4, -0.2) is 44.9 Å². The van der Waals surface area contributed by atoms with Crippen LogP contribution in [0.2, 0.25) is 0 Å². The van der Waals surface area contributed by atoms with Crippen LogP contribution < -0.4 is 15.0 Å². The molecule has 0 saturated heterocycles. The minimum Gasteiger partial charge on any atom is -0.491 e. The third-order valence-corrected chi connectivity index (χ3v) is 8.16. The number of fused-ring (bicyclic) bond motifs is 1. The SMILES string of the molecule is CC#Cc1ccc(OCCCc2sc(N(C)c3cc(C)c(Nc4nc5ccccc5s4)nn3)nc2C(=O)O)c(F)c1. The first kappa shape index (κ1) is 27.9. The molecule has 3 heterocycles. The van der Waals surface area contributed by atoms with Gasteiger partial charge in [0.15, 0.2) is 39.2 Å². The molecule has 0 aliphatic heterocycles. The molecule has 9 nitrogen and oxygen atoms in total. The molecule has 0 aliphatic carbocycles. The van der Waals surface area contributed by atoms with Gasteiger partial charge in [0, 0.05) is 17.5 Å². The van der Waals surface area contributed by atoms with Crippen molar-refractivity contribution in [1.29, 1.82) is 0 Å². The van der Waals surface area contributed by atoms with Crippen LogP contribution in [0.15, 0.2) is 48.5 Å². The zero-order valence-corrected chi connectivity index (χ0v) is 24.1. The lowest BCUT2D eigenvalue weighted by molar-refractivity contribution is 0.0690. The van der Waals surface area contributed by atoms with Crippen molar-refractivity contribution >= 4 is 60.8 Å². The summed E-state index contributed by atoms with van der Waals surface area (Å²) in [7, 11) is 1.76. The molecule has 2 aromatic carbocycles. The molecule has 41 heavy (non-hydrogen) atoms. The number of aromatic carboxylic acids is 1. The number of nitrogens with one attached hydrogen (secondary N) is 1. The molecular weight excluding hydrogens is 563 g/mol. The van der Waals surface area contributed by atoms with Gasteiger partial charge in [-0.1, -0.05) is 29.4 Å². The molecule has 0 atom stereocenters. The van der Waals surface area contributed by atoms with E-state index >= 15 is 0 Å². The maximum atomic E-state index is 14.3. The van der Waals surface area contributed by atoms with Crippen LogP contribution in [0.1, 0.15) is 39.8 Å². The number of aromatic nitrogens is 4. The number of hydrogen-bond acceptors (Lipinski definition) is 10. The van der Waals surface area contributed by atoms with E-state index in [1.165, 1.54) is 28.7 Å². The lowest BCUT2D eigenvalue weighted by Gasteiger charge is -2.15. The first-order valence-electron chi connectivity index (χ1n) is 12.6. The summed E-state index contributed by atoms with van der Waals surface area (Å²) in [5.41, 5.74) is 2.30. The quantitative estimate of drug-likeness (QED) is 0.138. The second-order valence-corrected chi connectivity index (χ2v) is 11.0. The van der Waals surface area contributed by atoms with E-state index in [1.807, 2.05) is 37.3 Å². The number of halogens is 1. The van der Waals surface area contributed by atoms with Crippen molar-refractivity contribution in [2.75, 3.05) is 23.9 Å². The number of thiazole rings is 2. The van der Waals surface area contributed by atoms with Crippen LogP contribution in [0.3, 0.4) is 0 Å². The highest BCUT2D eigenvalue weighted by Gasteiger charge is 2.21. The summed E-state index contributed by atoms with van der Waals surface area (Å²) in [6.07, 6.45) is 0.885. The Labute approximate surface area is 243 Å². The standard InChI is InChI=1S/C29H25FN6O3S2/c1-4-8-18-12-13-21(19(30)16-18)39-14-7-11-23-25(27(37)38)32-29(41-23)36(3)24-15-17(2)26(35-34-24)33-28-31-20-9-5-6-10-22(20)40-28/h5-6,9-10,12-13,15-16H,7,11,14H2,1-3H3,(H,37,38)(H,31,33,35). The number of hydrogen-bond donors (Lipinski definition) is 2. The van der Waals surface area contributed by atoms with Gasteiger partial charge in [-0.2, -0.15) is 0 Å². The number of carboxylic acids is 1. The second-order valence-electron chi connectivity index (χ2n) is 8.95. The van der Waals surface area contributed by atoms with E-state index in [0.717, 1.165) is 20.9 Å². The molecule has 5 rings (SSSR count). The highest BCUT2D eigenvalue weighted by molar-refractivity contribution is 7.22. The lowest BCUT2D eigenvalue weighted by atomic mass is 10.2. The van der Waals surface area contributed by atoms with Crippen molar-refractivity contribution in [3.8, 4) is 17.6 Å². The number of carbonyl (C=O) groups is 1. The zero-order chi connectivity index (χ0) is 28.9. The van der Waals surface area contributed by atoms with Crippen LogP contribution in [0.5, 0.6) is 5.75 Å². The molecule has 0 amide bonds. The molecule has 0 fully saturated rings. The third-order valence-electron chi connectivity index (χ3n) is 6.02. The minimum atomic E-state index is -1.12. The average molecular weight is 589 g/mol. The maximum Gasteiger partial charge on any atom is 0.355 e. The van der Waals surface area contributed by atoms with Crippen molar-refractivity contribution in [1.82, 2.24) is 20.2 Å². The average Bonchev–Trinajstić information content (AvgIpc) is 3.57. The molecule has 0 unspecified atom stereocenters. The Balaban J connectivity index is 1.24. The van der Waals surface area contributed by atoms with Gasteiger partial charge in [0.25, 0.3) is 0 Å². The number of carboxylic acid groups (broad SMARTS) is 1. The first-order chi connectivity index (χ1) is 19.8. The zero-order valence-electron chi connectivity index (χ0n) is 22.4. The van der Waals surface area contributed by atoms with Crippen LogP contribution >= 0.6 is 22.7 Å². The monoisotopic (exact) mass is 588 g/mol. The lowest BCUT2D eigenvalue weighted by Crippen LogP contribution is -2.13. The highest BCUT2D eigenvalue weighted by Crippen LogP contribution is 2.33. The summed E-state index contributed by atoms with van der Waals surface area (Å²) in [5, 5.41) is 22.8. The fourth-order valence-corrected chi connectivity index (χ4v) is 5.89. The van der Waals surface area contributed by atoms with Gasteiger partial charge in [-0.25, -0.2) is 19.2 Å². The Hall–Kier alpha value is -4.60. The third kappa shape index (κ3) is 6.42. The van der Waals surface area contributed by atoms with E-state index < -0.39 is 11.8 Å². The van der Waals surface area contributed by atoms with E-state index in [-0.39, 0.29) is 18.1 Å². The van der Waals surface area contributed by atoms with Crippen LogP contribution in [0.25, 0.3) is 10.2 Å². The number of para-hydroxylation sites is 1. The van der Waals surface area contributed by atoms with E-state index in [1.54, 1.807) is 31.0 Å². The van der Waals surface area contributed by atoms with E-state index in [0.29, 0.717) is 40.0 Å². The molecule has 208 valence electrons. The fourth-order valence-electron chi connectivity index (χ4n) is 3.96. The van der Waals surface area contributed by atoms with E-state index in [9.17, 15) is 14.3 Å². The first-order valence-corrected chi connectivity index (χ1v) is 14.2. The van der Waals surface area contributed by atoms with Crippen molar-refractivity contribution < 1.29 is 19.0 Å². The summed E-state index contributed by atoms with van der Waals surface area (Å²) in [6.45, 7) is 3.81. The number of nitrogens with zero attached hydrogens (tertiary/aromatic N) is 5. The van der Waals surface area contributed by atoms with E-state index in [2.05, 4.69) is 37.3 Å². The van der Waals surface area contributed by atoms with Gasteiger partial charge in [0.2, 0.25) is 0 Å². The highest BCUT2D eigenvalue weighted by atomic mass is 32.1. The summed E-state index contributed by atoms with van der Waals surface area (Å²) < 4.78 is 20.9. The Morgan fingerprint density at radius 1 is 1.15 bits per heavy atom. The molecule has 5 aromatic rings.